The molecule has 1 aromatic rings. The number of hydrogen-bond donors (Lipinski definition) is 3. The normalized spacial score (nSPS) is 14.0. The number of nitrogens with two attached hydrogens (primary N) is 1. The molecule has 0 aliphatic carbocycles. The number of nitrogens with one attached hydrogen (secondary N) is 2. The Morgan fingerprint density at radius 2 is 1.91 bits per heavy atom. The van der Waals surface area contributed by atoms with Crippen molar-refractivity contribution in [1.29, 1.82) is 0 Å². The summed E-state index contributed by atoms with van der Waals surface area (Å²) in [6.07, 6.45) is 13.8. The number of Topliss-reactive ketones (excluding diaryl/α,β-unsaturated/α-hetero) is 1. The SMILES string of the molecule is C=C(/N=C\C=C(/C)c1cccnc1)NC/C(C(=O)/C(C)=C/C=C(NC=O)\C(C)=C\CC)=C(\C)N. The molecule has 180 valence electrons. The monoisotopic (exact) mass is 461 g/mol. The van der Waals surface area contributed by atoms with E-state index in [0.717, 1.165) is 23.1 Å². The minimum atomic E-state index is -0.199. The van der Waals surface area contributed by atoms with Crippen molar-refractivity contribution in [3.8, 4) is 0 Å². The number of rotatable bonds is 13. The van der Waals surface area contributed by atoms with Crippen LogP contribution >= 0.6 is 0 Å². The number of allylic oxidation sites excluding steroid dienone is 8. The highest BCUT2D eigenvalue weighted by molar-refractivity contribution is 6.08. The lowest BCUT2D eigenvalue weighted by Crippen LogP contribution is -2.23. The number of pyridine rings is 1. The molecule has 0 fully saturated rings. The van der Waals surface area contributed by atoms with E-state index < -0.39 is 0 Å². The van der Waals surface area contributed by atoms with Gasteiger partial charge in [0.15, 0.2) is 5.78 Å². The van der Waals surface area contributed by atoms with Gasteiger partial charge in [-0.05, 0) is 74.6 Å². The van der Waals surface area contributed by atoms with Crippen molar-refractivity contribution in [3.63, 3.8) is 0 Å². The molecule has 0 aromatic carbocycles. The Morgan fingerprint density at radius 1 is 1.18 bits per heavy atom. The number of aromatic nitrogens is 1. The molecule has 7 heteroatoms. The molecule has 0 atom stereocenters. The summed E-state index contributed by atoms with van der Waals surface area (Å²) < 4.78 is 0. The van der Waals surface area contributed by atoms with E-state index in [0.29, 0.717) is 34.8 Å². The summed E-state index contributed by atoms with van der Waals surface area (Å²) in [5, 5.41) is 5.69. The first-order chi connectivity index (χ1) is 16.2. The van der Waals surface area contributed by atoms with Gasteiger partial charge in [-0.25, -0.2) is 4.99 Å². The Morgan fingerprint density at radius 3 is 2.50 bits per heavy atom. The van der Waals surface area contributed by atoms with Gasteiger partial charge in [-0.15, -0.1) is 0 Å². The lowest BCUT2D eigenvalue weighted by atomic mass is 10.0. The highest BCUT2D eigenvalue weighted by atomic mass is 16.1. The average Bonchev–Trinajstić information content (AvgIpc) is 2.81. The van der Waals surface area contributed by atoms with Crippen LogP contribution in [0, 0.1) is 0 Å². The topological polar surface area (TPSA) is 109 Å². The first-order valence-corrected chi connectivity index (χ1v) is 11.0. The Balaban J connectivity index is 2.87. The summed E-state index contributed by atoms with van der Waals surface area (Å²) in [7, 11) is 0. The molecule has 1 heterocycles. The quantitative estimate of drug-likeness (QED) is 0.175. The number of aliphatic imine (C=N–C) groups is 1. The van der Waals surface area contributed by atoms with Crippen LogP contribution in [-0.2, 0) is 9.59 Å². The van der Waals surface area contributed by atoms with E-state index >= 15 is 0 Å². The predicted molar refractivity (Wildman–Crippen MR) is 141 cm³/mol. The molecule has 1 aromatic heterocycles. The molecule has 0 spiro atoms. The van der Waals surface area contributed by atoms with Crippen LogP contribution in [0.5, 0.6) is 0 Å². The van der Waals surface area contributed by atoms with E-state index in [9.17, 15) is 9.59 Å². The lowest BCUT2D eigenvalue weighted by Gasteiger charge is -2.11. The van der Waals surface area contributed by atoms with Crippen molar-refractivity contribution in [1.82, 2.24) is 15.6 Å². The molecule has 34 heavy (non-hydrogen) atoms. The number of carbonyl (C=O) groups excluding carboxylic acids is 2. The van der Waals surface area contributed by atoms with Crippen LogP contribution in [-0.4, -0.2) is 29.9 Å². The minimum absolute atomic E-state index is 0.186. The second-order valence-electron chi connectivity index (χ2n) is 7.65. The lowest BCUT2D eigenvalue weighted by molar-refractivity contribution is -0.112. The molecule has 0 saturated carbocycles. The van der Waals surface area contributed by atoms with Crippen molar-refractivity contribution >= 4 is 24.0 Å². The number of nitrogens with zero attached hydrogens (tertiary/aromatic N) is 2. The summed E-state index contributed by atoms with van der Waals surface area (Å²) in [6.45, 7) is 13.3. The number of carbonyl (C=O) groups is 2. The summed E-state index contributed by atoms with van der Waals surface area (Å²) in [5.74, 6) is 0.205. The van der Waals surface area contributed by atoms with Gasteiger partial charge in [-0.1, -0.05) is 31.7 Å². The first-order valence-electron chi connectivity index (χ1n) is 11.0. The van der Waals surface area contributed by atoms with Crippen LogP contribution in [0.25, 0.3) is 5.57 Å². The van der Waals surface area contributed by atoms with Crippen LogP contribution in [0.3, 0.4) is 0 Å². The summed E-state index contributed by atoms with van der Waals surface area (Å²) >= 11 is 0. The van der Waals surface area contributed by atoms with Crippen LogP contribution in [0.15, 0.2) is 94.3 Å². The molecule has 1 amide bonds. The molecule has 0 aliphatic rings. The van der Waals surface area contributed by atoms with E-state index in [4.69, 9.17) is 5.73 Å². The molecular formula is C27H35N5O2. The molecule has 1 rings (SSSR count). The maximum atomic E-state index is 13.0. The van der Waals surface area contributed by atoms with E-state index in [1.807, 2.05) is 45.1 Å². The smallest absolute Gasteiger partial charge is 0.211 e. The summed E-state index contributed by atoms with van der Waals surface area (Å²) in [5.41, 5.74) is 10.9. The summed E-state index contributed by atoms with van der Waals surface area (Å²) in [6, 6.07) is 3.84. The first kappa shape index (κ1) is 28.0. The fraction of sp³-hybridized carbons (Fsp3) is 0.259. The van der Waals surface area contributed by atoms with Gasteiger partial charge in [0.2, 0.25) is 6.41 Å². The van der Waals surface area contributed by atoms with E-state index in [1.54, 1.807) is 44.6 Å². The molecule has 7 nitrogen and oxygen atoms in total. The standard InChI is InChI=1S/C27H35N5O2/c1-7-9-20(3)26(32-18-33)12-11-21(4)27(34)25(22(5)28)17-31-23(6)30-15-13-19(2)24-10-8-14-29-16-24/h8-16,18,31H,6-7,17,28H2,1-5H3,(H,32,33)/b19-13+,20-9+,21-11+,25-22-,26-12+,30-15-. The van der Waals surface area contributed by atoms with Crippen molar-refractivity contribution in [3.05, 3.63) is 94.9 Å². The fourth-order valence-electron chi connectivity index (χ4n) is 2.86. The average molecular weight is 462 g/mol. The minimum Gasteiger partial charge on any atom is -0.402 e. The van der Waals surface area contributed by atoms with Gasteiger partial charge in [0.05, 0.1) is 0 Å². The third-order valence-corrected chi connectivity index (χ3v) is 4.90. The van der Waals surface area contributed by atoms with Crippen molar-refractivity contribution in [2.24, 2.45) is 10.7 Å². The van der Waals surface area contributed by atoms with Gasteiger partial charge in [0.1, 0.15) is 5.82 Å². The molecule has 0 unspecified atom stereocenters. The third-order valence-electron chi connectivity index (χ3n) is 4.90. The highest BCUT2D eigenvalue weighted by Gasteiger charge is 2.14. The predicted octanol–water partition coefficient (Wildman–Crippen LogP) is 4.35. The Labute approximate surface area is 202 Å². The van der Waals surface area contributed by atoms with Crippen LogP contribution in [0.2, 0.25) is 0 Å². The van der Waals surface area contributed by atoms with Crippen molar-refractivity contribution in [2.45, 2.75) is 41.0 Å². The maximum absolute atomic E-state index is 13.0. The second-order valence-corrected chi connectivity index (χ2v) is 7.65. The Bertz CT molecular complexity index is 1050. The number of hydrogen-bond acceptors (Lipinski definition) is 6. The van der Waals surface area contributed by atoms with E-state index in [1.165, 1.54) is 0 Å². The van der Waals surface area contributed by atoms with Crippen LogP contribution in [0.1, 0.15) is 46.6 Å². The zero-order valence-corrected chi connectivity index (χ0v) is 20.7. The molecule has 4 N–H and O–H groups in total. The number of ketones is 1. The van der Waals surface area contributed by atoms with Crippen LogP contribution in [0.4, 0.5) is 0 Å². The Hall–Kier alpha value is -4.00. The third kappa shape index (κ3) is 9.65. The Kier molecular flexibility index (Phi) is 12.3. The molecule has 0 bridgehead atoms. The van der Waals surface area contributed by atoms with Gasteiger partial charge in [0.25, 0.3) is 0 Å². The largest absolute Gasteiger partial charge is 0.402 e. The molecule has 0 radical (unpaired) electrons. The fourth-order valence-corrected chi connectivity index (χ4v) is 2.86. The number of amides is 1. The molecular weight excluding hydrogens is 426 g/mol. The summed E-state index contributed by atoms with van der Waals surface area (Å²) in [4.78, 5) is 32.2. The van der Waals surface area contributed by atoms with Gasteiger partial charge < -0.3 is 16.4 Å². The van der Waals surface area contributed by atoms with Gasteiger partial charge in [0, 0.05) is 42.1 Å². The highest BCUT2D eigenvalue weighted by Crippen LogP contribution is 2.12. The van der Waals surface area contributed by atoms with Crippen molar-refractivity contribution < 1.29 is 9.59 Å². The van der Waals surface area contributed by atoms with Gasteiger partial charge in [-0.3, -0.25) is 14.6 Å². The van der Waals surface area contributed by atoms with Crippen molar-refractivity contribution in [2.75, 3.05) is 6.54 Å². The molecule has 0 aliphatic heterocycles. The maximum Gasteiger partial charge on any atom is 0.211 e. The van der Waals surface area contributed by atoms with E-state index in [-0.39, 0.29) is 12.3 Å². The van der Waals surface area contributed by atoms with Gasteiger partial charge in [-0.2, -0.15) is 0 Å². The van der Waals surface area contributed by atoms with E-state index in [2.05, 4.69) is 27.2 Å². The zero-order chi connectivity index (χ0) is 25.5. The second kappa shape index (κ2) is 14.9. The molecule has 0 saturated heterocycles. The van der Waals surface area contributed by atoms with Crippen LogP contribution < -0.4 is 16.4 Å². The zero-order valence-electron chi connectivity index (χ0n) is 20.7. The van der Waals surface area contributed by atoms with Gasteiger partial charge >= 0.3 is 0 Å².